The molecule has 0 aliphatic carbocycles. The highest BCUT2D eigenvalue weighted by molar-refractivity contribution is 7.88. The Morgan fingerprint density at radius 3 is 2.03 bits per heavy atom. The van der Waals surface area contributed by atoms with Gasteiger partial charge in [-0.25, -0.2) is 8.42 Å². The van der Waals surface area contributed by atoms with Crippen molar-refractivity contribution in [2.24, 2.45) is 11.3 Å². The Bertz CT molecular complexity index is 916. The normalized spacial score (nSPS) is 16.0. The number of aliphatic hydroxyl groups excluding tert-OH is 1. The average Bonchev–Trinajstić information content (AvgIpc) is 2.74. The highest BCUT2D eigenvalue weighted by Crippen LogP contribution is 2.21. The summed E-state index contributed by atoms with van der Waals surface area (Å²) in [7, 11) is -1.90. The molecule has 4 N–H and O–H groups in total. The zero-order valence-corrected chi connectivity index (χ0v) is 23.1. The topological polar surface area (TPSA) is 128 Å². The number of rotatable bonds is 13. The van der Waals surface area contributed by atoms with Crippen LogP contribution in [-0.2, 0) is 26.0 Å². The Labute approximate surface area is 211 Å². The number of likely N-dealkylation sites (N-methyl/N-ethyl adjacent to an activating group) is 1. The molecular formula is C25H44N4O5S. The monoisotopic (exact) mass is 512 g/mol. The lowest BCUT2D eigenvalue weighted by Gasteiger charge is -2.34. The van der Waals surface area contributed by atoms with Gasteiger partial charge in [0.15, 0.2) is 0 Å². The molecule has 4 atom stereocenters. The van der Waals surface area contributed by atoms with E-state index < -0.39 is 45.6 Å². The summed E-state index contributed by atoms with van der Waals surface area (Å²) in [5.74, 6) is -0.694. The smallest absolute Gasteiger partial charge is 0.243 e. The van der Waals surface area contributed by atoms with Gasteiger partial charge in [-0.2, -0.15) is 4.31 Å². The molecule has 0 heterocycles. The predicted octanol–water partition coefficient (Wildman–Crippen LogP) is 1.13. The van der Waals surface area contributed by atoms with Crippen LogP contribution in [0.2, 0.25) is 0 Å². The van der Waals surface area contributed by atoms with Crippen molar-refractivity contribution in [3.05, 3.63) is 35.9 Å². The summed E-state index contributed by atoms with van der Waals surface area (Å²) in [4.78, 5) is 25.9. The first-order chi connectivity index (χ1) is 16.1. The molecule has 0 fully saturated rings. The zero-order valence-electron chi connectivity index (χ0n) is 22.3. The number of nitrogens with zero attached hydrogens (tertiary/aromatic N) is 1. The van der Waals surface area contributed by atoms with E-state index >= 15 is 0 Å². The largest absolute Gasteiger partial charge is 0.390 e. The van der Waals surface area contributed by atoms with E-state index in [-0.39, 0.29) is 24.9 Å². The van der Waals surface area contributed by atoms with Crippen LogP contribution >= 0.6 is 0 Å². The highest BCUT2D eigenvalue weighted by atomic mass is 32.2. The average molecular weight is 513 g/mol. The molecule has 1 rings (SSSR count). The minimum atomic E-state index is -3.56. The van der Waals surface area contributed by atoms with Crippen molar-refractivity contribution < 1.29 is 23.1 Å². The van der Waals surface area contributed by atoms with Gasteiger partial charge in [-0.1, -0.05) is 65.0 Å². The number of hydrogen-bond donors (Lipinski definition) is 4. The van der Waals surface area contributed by atoms with Crippen LogP contribution in [0.4, 0.5) is 0 Å². The minimum absolute atomic E-state index is 0.0636. The molecule has 200 valence electrons. The predicted molar refractivity (Wildman–Crippen MR) is 139 cm³/mol. The molecule has 1 aromatic rings. The summed E-state index contributed by atoms with van der Waals surface area (Å²) in [6, 6.07) is 7.23. The van der Waals surface area contributed by atoms with E-state index in [1.54, 1.807) is 14.0 Å². The van der Waals surface area contributed by atoms with Crippen molar-refractivity contribution >= 4 is 21.8 Å². The lowest BCUT2D eigenvalue weighted by atomic mass is 9.85. The third kappa shape index (κ3) is 10.6. The third-order valence-electron chi connectivity index (χ3n) is 5.76. The van der Waals surface area contributed by atoms with Crippen LogP contribution in [-0.4, -0.2) is 80.3 Å². The van der Waals surface area contributed by atoms with E-state index in [1.807, 2.05) is 65.0 Å². The highest BCUT2D eigenvalue weighted by Gasteiger charge is 2.36. The van der Waals surface area contributed by atoms with Crippen LogP contribution in [0.3, 0.4) is 0 Å². The molecule has 0 aromatic heterocycles. The van der Waals surface area contributed by atoms with E-state index in [2.05, 4.69) is 16.0 Å². The van der Waals surface area contributed by atoms with Crippen molar-refractivity contribution in [3.63, 3.8) is 0 Å². The second-order valence-electron chi connectivity index (χ2n) is 10.7. The maximum absolute atomic E-state index is 13.4. The van der Waals surface area contributed by atoms with Gasteiger partial charge in [-0.3, -0.25) is 9.59 Å². The number of carbonyl (C=O) groups is 2. The second-order valence-corrected chi connectivity index (χ2v) is 12.6. The fourth-order valence-corrected chi connectivity index (χ4v) is 4.57. The maximum atomic E-state index is 13.4. The molecule has 1 aromatic carbocycles. The van der Waals surface area contributed by atoms with E-state index in [0.717, 1.165) is 11.8 Å². The van der Waals surface area contributed by atoms with Gasteiger partial charge < -0.3 is 21.1 Å². The van der Waals surface area contributed by atoms with Crippen LogP contribution in [0.25, 0.3) is 0 Å². The molecule has 0 saturated carbocycles. The molecular weight excluding hydrogens is 468 g/mol. The molecule has 0 aliphatic heterocycles. The maximum Gasteiger partial charge on any atom is 0.243 e. The SMILES string of the molecule is CN[C@H](C)C(=O)N[C@H](C(=O)N[C@@H](Cc1ccccc1)[C@H](O)CN(CC(C)C)S(C)(=O)=O)C(C)(C)C. The summed E-state index contributed by atoms with van der Waals surface area (Å²) in [6.45, 7) is 11.1. The van der Waals surface area contributed by atoms with Crippen molar-refractivity contribution in [1.82, 2.24) is 20.3 Å². The fraction of sp³-hybridized carbons (Fsp3) is 0.680. The molecule has 9 nitrogen and oxygen atoms in total. The number of sulfonamides is 1. The van der Waals surface area contributed by atoms with Gasteiger partial charge in [0.05, 0.1) is 24.4 Å². The number of benzene rings is 1. The van der Waals surface area contributed by atoms with E-state index in [9.17, 15) is 23.1 Å². The first-order valence-corrected chi connectivity index (χ1v) is 13.9. The number of amides is 2. The summed E-state index contributed by atoms with van der Waals surface area (Å²) in [5.41, 5.74) is 0.276. The van der Waals surface area contributed by atoms with Gasteiger partial charge in [-0.15, -0.1) is 0 Å². The third-order valence-corrected chi connectivity index (χ3v) is 7.00. The van der Waals surface area contributed by atoms with Gasteiger partial charge in [0.1, 0.15) is 6.04 Å². The molecule has 0 saturated heterocycles. The van der Waals surface area contributed by atoms with E-state index in [1.165, 1.54) is 4.31 Å². The first-order valence-electron chi connectivity index (χ1n) is 12.0. The molecule has 0 bridgehead atoms. The van der Waals surface area contributed by atoms with Crippen molar-refractivity contribution in [2.45, 2.75) is 72.2 Å². The molecule has 2 amide bonds. The fourth-order valence-electron chi connectivity index (χ4n) is 3.58. The zero-order chi connectivity index (χ0) is 27.0. The number of nitrogens with one attached hydrogen (secondary N) is 3. The van der Waals surface area contributed by atoms with Crippen molar-refractivity contribution in [1.29, 1.82) is 0 Å². The first kappa shape index (κ1) is 31.0. The van der Waals surface area contributed by atoms with E-state index in [4.69, 9.17) is 0 Å². The van der Waals surface area contributed by atoms with E-state index in [0.29, 0.717) is 6.42 Å². The van der Waals surface area contributed by atoms with Crippen molar-refractivity contribution in [3.8, 4) is 0 Å². The van der Waals surface area contributed by atoms with Gasteiger partial charge in [0.25, 0.3) is 0 Å². The summed E-state index contributed by atoms with van der Waals surface area (Å²) in [6.07, 6.45) is 0.242. The number of aliphatic hydroxyl groups is 1. The second kappa shape index (κ2) is 13.3. The van der Waals surface area contributed by atoms with Crippen LogP contribution in [0.5, 0.6) is 0 Å². The molecule has 0 spiro atoms. The number of carbonyl (C=O) groups excluding carboxylic acids is 2. The molecule has 0 unspecified atom stereocenters. The standard InChI is InChI=1S/C25H44N4O5S/c1-17(2)15-29(35(8,33)34)16-21(30)20(14-19-12-10-9-11-13-19)27-24(32)22(25(4,5)6)28-23(31)18(3)26-7/h9-13,17-18,20-22,26,30H,14-16H2,1-8H3,(H,27,32)(H,28,31)/t18-,20+,21-,22-/m1/s1. The van der Waals surface area contributed by atoms with Gasteiger partial charge in [0, 0.05) is 13.1 Å². The Morgan fingerprint density at radius 2 is 1.57 bits per heavy atom. The van der Waals surface area contributed by atoms with Gasteiger partial charge in [-0.05, 0) is 37.3 Å². The molecule has 10 heteroatoms. The van der Waals surface area contributed by atoms with Crippen LogP contribution in [0, 0.1) is 11.3 Å². The van der Waals surface area contributed by atoms with Crippen LogP contribution < -0.4 is 16.0 Å². The summed E-state index contributed by atoms with van der Waals surface area (Å²) in [5, 5.41) is 19.7. The Hall–Kier alpha value is -2.01. The molecule has 0 aliphatic rings. The lowest BCUT2D eigenvalue weighted by Crippen LogP contribution is -2.60. The Balaban J connectivity index is 3.22. The Morgan fingerprint density at radius 1 is 1.00 bits per heavy atom. The minimum Gasteiger partial charge on any atom is -0.390 e. The van der Waals surface area contributed by atoms with Gasteiger partial charge in [0.2, 0.25) is 21.8 Å². The van der Waals surface area contributed by atoms with Crippen LogP contribution in [0.15, 0.2) is 30.3 Å². The molecule has 35 heavy (non-hydrogen) atoms. The Kier molecular flexibility index (Phi) is 11.8. The summed E-state index contributed by atoms with van der Waals surface area (Å²) >= 11 is 0. The number of hydrogen-bond acceptors (Lipinski definition) is 6. The lowest BCUT2D eigenvalue weighted by molar-refractivity contribution is -0.133. The van der Waals surface area contributed by atoms with Crippen molar-refractivity contribution in [2.75, 3.05) is 26.4 Å². The van der Waals surface area contributed by atoms with Gasteiger partial charge >= 0.3 is 0 Å². The summed E-state index contributed by atoms with van der Waals surface area (Å²) < 4.78 is 25.9. The van der Waals surface area contributed by atoms with Crippen LogP contribution in [0.1, 0.15) is 47.1 Å². The molecule has 0 radical (unpaired) electrons. The quantitative estimate of drug-likeness (QED) is 0.314.